The van der Waals surface area contributed by atoms with Gasteiger partial charge >= 0.3 is 10.2 Å². The van der Waals surface area contributed by atoms with Crippen molar-refractivity contribution in [2.75, 3.05) is 5.32 Å². The minimum atomic E-state index is -9.65. The van der Waals surface area contributed by atoms with Crippen LogP contribution in [0.3, 0.4) is 0 Å². The zero-order valence-electron chi connectivity index (χ0n) is 10.9. The number of pyridine rings is 1. The van der Waals surface area contributed by atoms with Gasteiger partial charge in [-0.3, -0.25) is 4.98 Å². The molecule has 2 aromatic rings. The van der Waals surface area contributed by atoms with E-state index in [9.17, 15) is 19.4 Å². The second-order valence-electron chi connectivity index (χ2n) is 4.64. The van der Waals surface area contributed by atoms with Crippen LogP contribution in [0.25, 0.3) is 0 Å². The van der Waals surface area contributed by atoms with E-state index in [1.165, 1.54) is 18.5 Å². The van der Waals surface area contributed by atoms with Gasteiger partial charge in [-0.2, -0.15) is 0 Å². The maximum Gasteiger partial charge on any atom is 0.310 e. The summed E-state index contributed by atoms with van der Waals surface area (Å²) >= 11 is 0. The van der Waals surface area contributed by atoms with Crippen molar-refractivity contribution in [3.8, 4) is 0 Å². The second kappa shape index (κ2) is 4.33. The molecule has 2 nitrogen and oxygen atoms in total. The summed E-state index contributed by atoms with van der Waals surface area (Å²) in [6.07, 6.45) is 3.03. The summed E-state index contributed by atoms with van der Waals surface area (Å²) in [5.41, 5.74) is 0.757. The smallest absolute Gasteiger partial charge is 0.310 e. The third-order valence-corrected chi connectivity index (χ3v) is 4.01. The highest BCUT2D eigenvalue weighted by molar-refractivity contribution is 8.45. The Morgan fingerprint density at radius 2 is 1.62 bits per heavy atom. The molecule has 0 bridgehead atoms. The summed E-state index contributed by atoms with van der Waals surface area (Å²) in [7, 11) is -9.65. The SMILES string of the molecule is CC(Nc1ccncc1)c1cccc(S(F)(F)(F)(F)F)c1. The molecule has 0 radical (unpaired) electrons. The summed E-state index contributed by atoms with van der Waals surface area (Å²) in [6.45, 7) is 1.59. The summed E-state index contributed by atoms with van der Waals surface area (Å²) in [4.78, 5) is 1.93. The molecule has 2 rings (SSSR count). The zero-order chi connectivity index (χ0) is 15.8. The first kappa shape index (κ1) is 15.6. The summed E-state index contributed by atoms with van der Waals surface area (Å²) < 4.78 is 63.9. The predicted molar refractivity (Wildman–Crippen MR) is 74.1 cm³/mol. The molecule has 0 spiro atoms. The molecule has 0 saturated carbocycles. The molecule has 1 aromatic heterocycles. The van der Waals surface area contributed by atoms with Gasteiger partial charge in [-0.05, 0) is 36.8 Å². The molecule has 0 aliphatic carbocycles. The van der Waals surface area contributed by atoms with E-state index in [2.05, 4.69) is 10.3 Å². The molecule has 1 N–H and O–H groups in total. The van der Waals surface area contributed by atoms with Crippen LogP contribution in [0.4, 0.5) is 25.1 Å². The number of nitrogens with zero attached hydrogens (tertiary/aromatic N) is 1. The van der Waals surface area contributed by atoms with Gasteiger partial charge in [0.25, 0.3) is 0 Å². The molecule has 0 aliphatic rings. The number of nitrogens with one attached hydrogen (secondary N) is 1. The third kappa shape index (κ3) is 4.07. The van der Waals surface area contributed by atoms with Crippen LogP contribution in [0.2, 0.25) is 0 Å². The first-order valence-corrected chi connectivity index (χ1v) is 7.91. The van der Waals surface area contributed by atoms with Crippen LogP contribution in [-0.4, -0.2) is 4.98 Å². The third-order valence-electron chi connectivity index (χ3n) is 2.87. The Balaban J connectivity index is 2.30. The van der Waals surface area contributed by atoms with Crippen molar-refractivity contribution >= 4 is 15.9 Å². The molecule has 0 amide bonds. The fraction of sp³-hybridized carbons (Fsp3) is 0.154. The van der Waals surface area contributed by atoms with E-state index in [1.807, 2.05) is 0 Å². The highest BCUT2D eigenvalue weighted by Crippen LogP contribution is 3.02. The Labute approximate surface area is 118 Å². The number of benzene rings is 1. The van der Waals surface area contributed by atoms with E-state index in [0.29, 0.717) is 17.8 Å². The summed E-state index contributed by atoms with van der Waals surface area (Å²) in [5.74, 6) is 0. The average Bonchev–Trinajstić information content (AvgIpc) is 2.37. The zero-order valence-corrected chi connectivity index (χ0v) is 11.8. The van der Waals surface area contributed by atoms with E-state index in [-0.39, 0.29) is 5.56 Å². The number of hydrogen-bond acceptors (Lipinski definition) is 2. The Hall–Kier alpha value is -1.83. The first-order valence-electron chi connectivity index (χ1n) is 5.96. The molecule has 0 saturated heterocycles. The lowest BCUT2D eigenvalue weighted by Crippen LogP contribution is -2.10. The lowest BCUT2D eigenvalue weighted by atomic mass is 10.1. The quantitative estimate of drug-likeness (QED) is 0.707. The monoisotopic (exact) mass is 324 g/mol. The summed E-state index contributed by atoms with van der Waals surface area (Å²) in [6, 6.07) is 5.92. The highest BCUT2D eigenvalue weighted by atomic mass is 32.5. The van der Waals surface area contributed by atoms with E-state index < -0.39 is 21.2 Å². The maximum absolute atomic E-state index is 12.8. The normalized spacial score (nSPS) is 16.7. The van der Waals surface area contributed by atoms with Gasteiger partial charge in [-0.25, -0.2) is 0 Å². The molecule has 1 unspecified atom stereocenters. The van der Waals surface area contributed by atoms with E-state index in [1.54, 1.807) is 19.1 Å². The Kier molecular flexibility index (Phi) is 3.21. The van der Waals surface area contributed by atoms with Crippen LogP contribution in [0, 0.1) is 0 Å². The molecule has 1 atom stereocenters. The number of aromatic nitrogens is 1. The van der Waals surface area contributed by atoms with Crippen molar-refractivity contribution in [3.63, 3.8) is 0 Å². The topological polar surface area (TPSA) is 24.9 Å². The minimum absolute atomic E-state index is 0.123. The van der Waals surface area contributed by atoms with Crippen LogP contribution in [0.1, 0.15) is 18.5 Å². The Morgan fingerprint density at radius 1 is 1.00 bits per heavy atom. The molecule has 116 valence electrons. The van der Waals surface area contributed by atoms with Crippen LogP contribution in [0.5, 0.6) is 0 Å². The predicted octanol–water partition coefficient (Wildman–Crippen LogP) is 5.91. The molecular formula is C13H13F5N2S. The van der Waals surface area contributed by atoms with Gasteiger partial charge in [0.2, 0.25) is 0 Å². The number of halogens is 5. The van der Waals surface area contributed by atoms with Crippen molar-refractivity contribution < 1.29 is 19.4 Å². The fourth-order valence-electron chi connectivity index (χ4n) is 1.81. The highest BCUT2D eigenvalue weighted by Gasteiger charge is 2.65. The van der Waals surface area contributed by atoms with Crippen LogP contribution in [-0.2, 0) is 0 Å². The molecule has 1 aromatic carbocycles. The minimum Gasteiger partial charge on any atom is -0.378 e. The Bertz CT molecular complexity index is 642. The van der Waals surface area contributed by atoms with Gasteiger partial charge in [0.1, 0.15) is 4.90 Å². The van der Waals surface area contributed by atoms with Gasteiger partial charge in [0.15, 0.2) is 0 Å². The number of hydrogen-bond donors (Lipinski definition) is 1. The van der Waals surface area contributed by atoms with Gasteiger partial charge < -0.3 is 5.32 Å². The van der Waals surface area contributed by atoms with Crippen molar-refractivity contribution in [3.05, 3.63) is 54.4 Å². The standard InChI is InChI=1S/C13H13F5N2S/c1-10(20-12-5-7-19-8-6-12)11-3-2-4-13(9-11)21(14,15,16,17)18/h2-10H,1H3,(H,19,20). The molecule has 0 aliphatic heterocycles. The van der Waals surface area contributed by atoms with Crippen LogP contribution in [0.15, 0.2) is 53.7 Å². The fourth-order valence-corrected chi connectivity index (χ4v) is 2.50. The van der Waals surface area contributed by atoms with Crippen molar-refractivity contribution in [2.45, 2.75) is 17.9 Å². The van der Waals surface area contributed by atoms with Gasteiger partial charge in [-0.1, -0.05) is 31.6 Å². The largest absolute Gasteiger partial charge is 0.378 e. The van der Waals surface area contributed by atoms with Gasteiger partial charge in [0.05, 0.1) is 0 Å². The van der Waals surface area contributed by atoms with Crippen molar-refractivity contribution in [1.29, 1.82) is 0 Å². The van der Waals surface area contributed by atoms with E-state index in [0.717, 1.165) is 6.07 Å². The lowest BCUT2D eigenvalue weighted by molar-refractivity contribution is 0.364. The Morgan fingerprint density at radius 3 is 2.19 bits per heavy atom. The van der Waals surface area contributed by atoms with Crippen molar-refractivity contribution in [2.24, 2.45) is 0 Å². The lowest BCUT2D eigenvalue weighted by Gasteiger charge is -2.40. The van der Waals surface area contributed by atoms with Gasteiger partial charge in [0, 0.05) is 24.1 Å². The second-order valence-corrected chi connectivity index (χ2v) is 7.05. The average molecular weight is 324 g/mol. The molecule has 1 heterocycles. The first-order chi connectivity index (χ1) is 9.45. The molecule has 21 heavy (non-hydrogen) atoms. The van der Waals surface area contributed by atoms with Crippen LogP contribution < -0.4 is 5.32 Å². The molecular weight excluding hydrogens is 311 g/mol. The molecule has 8 heteroatoms. The van der Waals surface area contributed by atoms with Gasteiger partial charge in [-0.15, -0.1) is 0 Å². The van der Waals surface area contributed by atoms with Crippen molar-refractivity contribution in [1.82, 2.24) is 4.98 Å². The number of rotatable bonds is 4. The van der Waals surface area contributed by atoms with E-state index >= 15 is 0 Å². The van der Waals surface area contributed by atoms with Crippen LogP contribution >= 0.6 is 10.2 Å². The van der Waals surface area contributed by atoms with E-state index in [4.69, 9.17) is 0 Å². The summed E-state index contributed by atoms with van der Waals surface area (Å²) in [5, 5.41) is 2.92. The maximum atomic E-state index is 12.8. The molecule has 0 fully saturated rings. The number of anilines is 1.